The van der Waals surface area contributed by atoms with Crippen molar-refractivity contribution in [2.45, 2.75) is 12.3 Å². The van der Waals surface area contributed by atoms with Crippen LogP contribution in [0.3, 0.4) is 0 Å². The van der Waals surface area contributed by atoms with Crippen LogP contribution < -0.4 is 5.32 Å². The molecule has 1 aliphatic rings. The Morgan fingerprint density at radius 1 is 1.35 bits per heavy atom. The molecule has 0 unspecified atom stereocenters. The van der Waals surface area contributed by atoms with Gasteiger partial charge in [-0.1, -0.05) is 11.6 Å². The lowest BCUT2D eigenvalue weighted by Crippen LogP contribution is -2.13. The monoisotopic (exact) mass is 263 g/mol. The van der Waals surface area contributed by atoms with Crippen molar-refractivity contribution in [3.8, 4) is 0 Å². The number of halogens is 1. The Morgan fingerprint density at radius 3 is 3.00 bits per heavy atom. The summed E-state index contributed by atoms with van der Waals surface area (Å²) in [7, 11) is 0. The van der Waals surface area contributed by atoms with E-state index < -0.39 is 0 Å². The van der Waals surface area contributed by atoms with Gasteiger partial charge in [0.15, 0.2) is 0 Å². The van der Waals surface area contributed by atoms with E-state index in [0.29, 0.717) is 5.02 Å². The molecular weight excluding hydrogens is 254 g/mol. The lowest BCUT2D eigenvalue weighted by molar-refractivity contribution is -0.117. The maximum atomic E-state index is 11.9. The van der Waals surface area contributed by atoms with Crippen molar-refractivity contribution in [3.05, 3.63) is 51.2 Å². The third-order valence-corrected chi connectivity index (χ3v) is 3.95. The Bertz CT molecular complexity index is 565. The minimum Gasteiger partial charge on any atom is -0.325 e. The van der Waals surface area contributed by atoms with E-state index in [1.807, 2.05) is 17.5 Å². The fourth-order valence-electron chi connectivity index (χ4n) is 2.14. The number of carbonyl (C=O) groups excluding carboxylic acids is 1. The molecule has 0 fully saturated rings. The molecule has 1 N–H and O–H groups in total. The lowest BCUT2D eigenvalue weighted by Gasteiger charge is -2.07. The molecule has 1 aliphatic heterocycles. The van der Waals surface area contributed by atoms with Crippen molar-refractivity contribution in [1.82, 2.24) is 0 Å². The zero-order valence-electron chi connectivity index (χ0n) is 8.94. The highest BCUT2D eigenvalue weighted by molar-refractivity contribution is 7.07. The number of anilines is 1. The van der Waals surface area contributed by atoms with Crippen LogP contribution in [0.4, 0.5) is 5.69 Å². The van der Waals surface area contributed by atoms with Gasteiger partial charge in [-0.3, -0.25) is 4.79 Å². The van der Waals surface area contributed by atoms with E-state index in [9.17, 15) is 4.79 Å². The predicted molar refractivity (Wildman–Crippen MR) is 70.8 cm³/mol. The highest BCUT2D eigenvalue weighted by Gasteiger charge is 2.30. The number of fused-ring (bicyclic) bond motifs is 1. The van der Waals surface area contributed by atoms with Gasteiger partial charge in [-0.2, -0.15) is 11.3 Å². The van der Waals surface area contributed by atoms with E-state index >= 15 is 0 Å². The van der Waals surface area contributed by atoms with Crippen LogP contribution in [0, 0.1) is 0 Å². The molecule has 86 valence electrons. The summed E-state index contributed by atoms with van der Waals surface area (Å²) in [5.41, 5.74) is 3.09. The third kappa shape index (κ3) is 1.96. The van der Waals surface area contributed by atoms with Gasteiger partial charge in [0.05, 0.1) is 5.92 Å². The summed E-state index contributed by atoms with van der Waals surface area (Å²) < 4.78 is 0. The normalized spacial score (nSPS) is 17.9. The van der Waals surface area contributed by atoms with Gasteiger partial charge < -0.3 is 5.32 Å². The molecule has 2 nitrogen and oxygen atoms in total. The van der Waals surface area contributed by atoms with E-state index in [4.69, 9.17) is 11.6 Å². The summed E-state index contributed by atoms with van der Waals surface area (Å²) in [4.78, 5) is 11.9. The van der Waals surface area contributed by atoms with Gasteiger partial charge >= 0.3 is 0 Å². The topological polar surface area (TPSA) is 29.1 Å². The molecule has 2 aromatic rings. The summed E-state index contributed by atoms with van der Waals surface area (Å²) in [5.74, 6) is -0.0493. The minimum absolute atomic E-state index is 0.0634. The molecule has 1 aromatic carbocycles. The SMILES string of the molecule is O=C1Nc2ccc(Cl)cc2[C@H]1Cc1ccsc1. The van der Waals surface area contributed by atoms with Crippen LogP contribution in [0.5, 0.6) is 0 Å². The second-order valence-electron chi connectivity index (χ2n) is 4.11. The van der Waals surface area contributed by atoms with Crippen LogP contribution in [-0.4, -0.2) is 5.91 Å². The van der Waals surface area contributed by atoms with E-state index in [1.165, 1.54) is 5.56 Å². The summed E-state index contributed by atoms with van der Waals surface area (Å²) in [6.07, 6.45) is 0.739. The van der Waals surface area contributed by atoms with Crippen LogP contribution in [0.1, 0.15) is 17.0 Å². The van der Waals surface area contributed by atoms with Gasteiger partial charge in [0, 0.05) is 10.7 Å². The second kappa shape index (κ2) is 4.17. The highest BCUT2D eigenvalue weighted by Crippen LogP contribution is 2.36. The molecule has 0 saturated heterocycles. The number of thiophene rings is 1. The summed E-state index contributed by atoms with van der Waals surface area (Å²) >= 11 is 7.63. The molecule has 2 heterocycles. The van der Waals surface area contributed by atoms with Crippen LogP contribution in [0.25, 0.3) is 0 Å². The zero-order valence-corrected chi connectivity index (χ0v) is 10.5. The Hall–Kier alpha value is -1.32. The minimum atomic E-state index is -0.113. The average molecular weight is 264 g/mol. The van der Waals surface area contributed by atoms with Crippen LogP contribution in [0.2, 0.25) is 5.02 Å². The van der Waals surface area contributed by atoms with Gasteiger partial charge in [0.25, 0.3) is 0 Å². The van der Waals surface area contributed by atoms with E-state index in [0.717, 1.165) is 17.7 Å². The first-order valence-corrected chi connectivity index (χ1v) is 6.67. The Morgan fingerprint density at radius 2 is 2.24 bits per heavy atom. The van der Waals surface area contributed by atoms with Crippen molar-refractivity contribution >= 4 is 34.5 Å². The Kier molecular flexibility index (Phi) is 2.65. The second-order valence-corrected chi connectivity index (χ2v) is 5.33. The van der Waals surface area contributed by atoms with Crippen molar-refractivity contribution in [1.29, 1.82) is 0 Å². The lowest BCUT2D eigenvalue weighted by atomic mass is 9.94. The molecule has 4 heteroatoms. The summed E-state index contributed by atoms with van der Waals surface area (Å²) in [6.45, 7) is 0. The fourth-order valence-corrected chi connectivity index (χ4v) is 3.01. The maximum Gasteiger partial charge on any atom is 0.232 e. The first-order chi connectivity index (χ1) is 8.24. The van der Waals surface area contributed by atoms with Gasteiger partial charge in [0.1, 0.15) is 0 Å². The summed E-state index contributed by atoms with van der Waals surface area (Å²) in [6, 6.07) is 7.60. The predicted octanol–water partition coefficient (Wildman–Crippen LogP) is 3.68. The smallest absolute Gasteiger partial charge is 0.232 e. The van der Waals surface area contributed by atoms with Gasteiger partial charge in [-0.15, -0.1) is 0 Å². The van der Waals surface area contributed by atoms with E-state index in [2.05, 4.69) is 16.8 Å². The molecular formula is C13H10ClNOS. The molecule has 0 radical (unpaired) electrons. The van der Waals surface area contributed by atoms with E-state index in [1.54, 1.807) is 17.4 Å². The molecule has 1 aromatic heterocycles. The van der Waals surface area contributed by atoms with Gasteiger partial charge in [-0.05, 0) is 52.6 Å². The molecule has 0 spiro atoms. The van der Waals surface area contributed by atoms with E-state index in [-0.39, 0.29) is 11.8 Å². The van der Waals surface area contributed by atoms with Crippen molar-refractivity contribution in [2.75, 3.05) is 5.32 Å². The molecule has 1 atom stereocenters. The highest BCUT2D eigenvalue weighted by atomic mass is 35.5. The van der Waals surface area contributed by atoms with Crippen LogP contribution in [0.15, 0.2) is 35.0 Å². The molecule has 0 saturated carbocycles. The fraction of sp³-hybridized carbons (Fsp3) is 0.154. The maximum absolute atomic E-state index is 11.9. The Balaban J connectivity index is 1.96. The number of hydrogen-bond acceptors (Lipinski definition) is 2. The van der Waals surface area contributed by atoms with Crippen molar-refractivity contribution < 1.29 is 4.79 Å². The van der Waals surface area contributed by atoms with Crippen LogP contribution in [-0.2, 0) is 11.2 Å². The third-order valence-electron chi connectivity index (χ3n) is 2.98. The Labute approximate surface area is 108 Å². The van der Waals surface area contributed by atoms with Crippen molar-refractivity contribution in [3.63, 3.8) is 0 Å². The number of rotatable bonds is 2. The molecule has 17 heavy (non-hydrogen) atoms. The van der Waals surface area contributed by atoms with Gasteiger partial charge in [-0.25, -0.2) is 0 Å². The first-order valence-electron chi connectivity index (χ1n) is 5.35. The number of nitrogens with one attached hydrogen (secondary N) is 1. The van der Waals surface area contributed by atoms with Crippen molar-refractivity contribution in [2.24, 2.45) is 0 Å². The molecule has 0 bridgehead atoms. The molecule has 1 amide bonds. The quantitative estimate of drug-likeness (QED) is 0.880. The molecule has 0 aliphatic carbocycles. The number of hydrogen-bond donors (Lipinski definition) is 1. The number of amides is 1. The largest absolute Gasteiger partial charge is 0.325 e. The average Bonchev–Trinajstić information content (AvgIpc) is 2.90. The summed E-state index contributed by atoms with van der Waals surface area (Å²) in [5, 5.41) is 7.68. The van der Waals surface area contributed by atoms with Crippen LogP contribution >= 0.6 is 22.9 Å². The number of carbonyl (C=O) groups is 1. The zero-order chi connectivity index (χ0) is 11.8. The van der Waals surface area contributed by atoms with Gasteiger partial charge in [0.2, 0.25) is 5.91 Å². The molecule has 3 rings (SSSR count). The number of benzene rings is 1. The first kappa shape index (κ1) is 10.8. The standard InChI is InChI=1S/C13H10ClNOS/c14-9-1-2-12-10(6-9)11(13(16)15-12)5-8-3-4-17-7-8/h1-4,6-7,11H,5H2,(H,15,16)/t11-/m1/s1.